The highest BCUT2D eigenvalue weighted by Gasteiger charge is 2.45. The second kappa shape index (κ2) is 8.66. The van der Waals surface area contributed by atoms with Gasteiger partial charge in [0.2, 0.25) is 18.0 Å². The summed E-state index contributed by atoms with van der Waals surface area (Å²) in [5.74, 6) is -0.976. The highest BCUT2D eigenvalue weighted by atomic mass is 16.7. The molecule has 23 heavy (non-hydrogen) atoms. The van der Waals surface area contributed by atoms with Crippen molar-refractivity contribution in [2.24, 2.45) is 0 Å². The van der Waals surface area contributed by atoms with Crippen molar-refractivity contribution in [1.29, 1.82) is 5.26 Å². The lowest BCUT2D eigenvalue weighted by Crippen LogP contribution is -2.59. The van der Waals surface area contributed by atoms with Crippen LogP contribution in [0.5, 0.6) is 0 Å². The predicted octanol–water partition coefficient (Wildman–Crippen LogP) is -2.68. The van der Waals surface area contributed by atoms with Crippen LogP contribution in [0.2, 0.25) is 0 Å². The van der Waals surface area contributed by atoms with Crippen LogP contribution in [0.3, 0.4) is 0 Å². The summed E-state index contributed by atoms with van der Waals surface area (Å²) in [6.07, 6.45) is -7.85. The lowest BCUT2D eigenvalue weighted by Gasteiger charge is -2.39. The maximum absolute atomic E-state index is 11.4. The molecule has 130 valence electrons. The van der Waals surface area contributed by atoms with E-state index in [0.29, 0.717) is 0 Å². The summed E-state index contributed by atoms with van der Waals surface area (Å²) in [6.45, 7) is -0.633. The number of amides is 1. The van der Waals surface area contributed by atoms with Crippen molar-refractivity contribution < 1.29 is 39.4 Å². The van der Waals surface area contributed by atoms with Gasteiger partial charge in [0.1, 0.15) is 30.5 Å². The molecule has 0 radical (unpaired) electrons. The van der Waals surface area contributed by atoms with Gasteiger partial charge in [-0.3, -0.25) is 4.79 Å². The molecule has 1 fully saturated rings. The fourth-order valence-corrected chi connectivity index (χ4v) is 1.91. The molecule has 5 atom stereocenters. The Bertz CT molecular complexity index is 487. The average Bonchev–Trinajstić information content (AvgIpc) is 2.57. The third-order valence-electron chi connectivity index (χ3n) is 3.28. The van der Waals surface area contributed by atoms with E-state index in [9.17, 15) is 20.1 Å². The van der Waals surface area contributed by atoms with Gasteiger partial charge >= 0.3 is 0 Å². The van der Waals surface area contributed by atoms with Gasteiger partial charge in [-0.2, -0.15) is 5.26 Å². The quantitative estimate of drug-likeness (QED) is 0.258. The van der Waals surface area contributed by atoms with Crippen LogP contribution in [0, 0.1) is 11.3 Å². The van der Waals surface area contributed by atoms with Gasteiger partial charge in [0.05, 0.1) is 20.1 Å². The number of nitrogens with one attached hydrogen (secondary N) is 1. The monoisotopic (exact) mass is 332 g/mol. The second-order valence-electron chi connectivity index (χ2n) is 4.73. The van der Waals surface area contributed by atoms with Gasteiger partial charge in [0.15, 0.2) is 5.76 Å². The Morgan fingerprint density at radius 1 is 1.30 bits per heavy atom. The molecule has 0 saturated carbocycles. The molecule has 0 aliphatic carbocycles. The number of aliphatic hydroxyl groups is 4. The van der Waals surface area contributed by atoms with E-state index in [1.807, 2.05) is 0 Å². The van der Waals surface area contributed by atoms with Gasteiger partial charge in [-0.15, -0.1) is 0 Å². The number of nitriles is 1. The SMILES string of the molecule is CNC(=O)CC(OC)=C(C#N)OC1OC(CO)C(O)C(O)C1O. The maximum Gasteiger partial charge on any atom is 0.238 e. The Hall–Kier alpha value is -1.90. The molecule has 0 aromatic rings. The van der Waals surface area contributed by atoms with Gasteiger partial charge < -0.3 is 40.0 Å². The number of rotatable bonds is 6. The zero-order valence-electron chi connectivity index (χ0n) is 12.7. The van der Waals surface area contributed by atoms with E-state index >= 15 is 0 Å². The normalized spacial score (nSPS) is 31.6. The first kappa shape index (κ1) is 19.1. The number of nitrogens with zero attached hydrogens (tertiary/aromatic N) is 1. The number of methoxy groups -OCH3 is 1. The van der Waals surface area contributed by atoms with Crippen LogP contribution in [0.1, 0.15) is 6.42 Å². The van der Waals surface area contributed by atoms with Gasteiger partial charge in [0, 0.05) is 7.05 Å². The van der Waals surface area contributed by atoms with Gasteiger partial charge in [0.25, 0.3) is 0 Å². The van der Waals surface area contributed by atoms with Crippen molar-refractivity contribution in [3.8, 4) is 6.07 Å². The number of allylic oxidation sites excluding steroid dienone is 1. The van der Waals surface area contributed by atoms with E-state index in [1.54, 1.807) is 6.07 Å². The van der Waals surface area contributed by atoms with Crippen LogP contribution in [-0.4, -0.2) is 77.8 Å². The van der Waals surface area contributed by atoms with E-state index in [2.05, 4.69) is 5.32 Å². The molecule has 1 heterocycles. The third kappa shape index (κ3) is 4.54. The van der Waals surface area contributed by atoms with Gasteiger partial charge in [-0.05, 0) is 0 Å². The largest absolute Gasteiger partial charge is 0.496 e. The summed E-state index contributed by atoms with van der Waals surface area (Å²) in [5, 5.41) is 49.8. The fraction of sp³-hybridized carbons (Fsp3) is 0.692. The van der Waals surface area contributed by atoms with Gasteiger partial charge in [-0.25, -0.2) is 0 Å². The lowest BCUT2D eigenvalue weighted by molar-refractivity contribution is -0.290. The van der Waals surface area contributed by atoms with Crippen LogP contribution in [0.4, 0.5) is 0 Å². The molecular weight excluding hydrogens is 312 g/mol. The minimum absolute atomic E-state index is 0.108. The molecule has 0 spiro atoms. The van der Waals surface area contributed by atoms with Crippen molar-refractivity contribution in [2.75, 3.05) is 20.8 Å². The highest BCUT2D eigenvalue weighted by Crippen LogP contribution is 2.25. The Kier molecular flexibility index (Phi) is 7.21. The Morgan fingerprint density at radius 3 is 2.43 bits per heavy atom. The molecule has 1 aliphatic rings. The molecule has 1 amide bonds. The molecule has 10 heteroatoms. The molecule has 10 nitrogen and oxygen atoms in total. The second-order valence-corrected chi connectivity index (χ2v) is 4.73. The lowest BCUT2D eigenvalue weighted by atomic mass is 9.99. The molecule has 0 aromatic heterocycles. The molecule has 1 rings (SSSR count). The van der Waals surface area contributed by atoms with E-state index in [0.717, 1.165) is 0 Å². The van der Waals surface area contributed by atoms with Crippen LogP contribution in [0.15, 0.2) is 11.5 Å². The summed E-state index contributed by atoms with van der Waals surface area (Å²) in [6, 6.07) is 1.66. The summed E-state index contributed by atoms with van der Waals surface area (Å²) >= 11 is 0. The number of hydrogen-bond donors (Lipinski definition) is 5. The molecule has 5 unspecified atom stereocenters. The van der Waals surface area contributed by atoms with Crippen molar-refractivity contribution in [3.63, 3.8) is 0 Å². The Morgan fingerprint density at radius 2 is 1.96 bits per heavy atom. The zero-order chi connectivity index (χ0) is 17.6. The molecule has 0 aromatic carbocycles. The number of carbonyl (C=O) groups excluding carboxylic acids is 1. The van der Waals surface area contributed by atoms with E-state index in [1.165, 1.54) is 14.2 Å². The van der Waals surface area contributed by atoms with E-state index < -0.39 is 49.0 Å². The van der Waals surface area contributed by atoms with Crippen molar-refractivity contribution in [3.05, 3.63) is 11.5 Å². The zero-order valence-corrected chi connectivity index (χ0v) is 12.7. The van der Waals surface area contributed by atoms with Crippen LogP contribution in [-0.2, 0) is 19.0 Å². The number of aliphatic hydroxyl groups excluding tert-OH is 4. The molecular formula is C13H20N2O8. The van der Waals surface area contributed by atoms with E-state index in [-0.39, 0.29) is 12.2 Å². The smallest absolute Gasteiger partial charge is 0.238 e. The maximum atomic E-state index is 11.4. The molecule has 0 bridgehead atoms. The fourth-order valence-electron chi connectivity index (χ4n) is 1.91. The average molecular weight is 332 g/mol. The summed E-state index contributed by atoms with van der Waals surface area (Å²) in [7, 11) is 2.63. The topological polar surface area (TPSA) is 162 Å². The molecule has 1 aliphatic heterocycles. The highest BCUT2D eigenvalue weighted by molar-refractivity contribution is 5.77. The predicted molar refractivity (Wildman–Crippen MR) is 73.2 cm³/mol. The van der Waals surface area contributed by atoms with E-state index in [4.69, 9.17) is 24.6 Å². The summed E-state index contributed by atoms with van der Waals surface area (Å²) in [4.78, 5) is 11.4. The number of ether oxygens (including phenoxy) is 3. The number of carbonyl (C=O) groups is 1. The van der Waals surface area contributed by atoms with Crippen LogP contribution in [0.25, 0.3) is 0 Å². The summed E-state index contributed by atoms with van der Waals surface area (Å²) < 4.78 is 15.2. The minimum Gasteiger partial charge on any atom is -0.496 e. The standard InChI is InChI=1S/C13H20N2O8/c1-15-9(17)3-6(21-2)7(4-14)22-13-12(20)11(19)10(18)8(5-16)23-13/h8,10-13,16,18-20H,3,5H2,1-2H3,(H,15,17). The Labute approximate surface area is 132 Å². The van der Waals surface area contributed by atoms with Gasteiger partial charge in [-0.1, -0.05) is 0 Å². The first-order valence-corrected chi connectivity index (χ1v) is 6.74. The van der Waals surface area contributed by atoms with Crippen LogP contribution < -0.4 is 5.32 Å². The van der Waals surface area contributed by atoms with Crippen molar-refractivity contribution in [2.45, 2.75) is 37.1 Å². The first-order valence-electron chi connectivity index (χ1n) is 6.74. The summed E-state index contributed by atoms with van der Waals surface area (Å²) in [5.41, 5.74) is 0. The number of hydrogen-bond acceptors (Lipinski definition) is 9. The minimum atomic E-state index is -1.67. The Balaban J connectivity index is 2.96. The van der Waals surface area contributed by atoms with Crippen LogP contribution >= 0.6 is 0 Å². The molecule has 1 saturated heterocycles. The van der Waals surface area contributed by atoms with Crippen molar-refractivity contribution >= 4 is 5.91 Å². The third-order valence-corrected chi connectivity index (χ3v) is 3.28. The molecule has 5 N–H and O–H groups in total. The first-order chi connectivity index (χ1) is 10.9. The van der Waals surface area contributed by atoms with Crippen molar-refractivity contribution in [1.82, 2.24) is 5.32 Å².